The van der Waals surface area contributed by atoms with Gasteiger partial charge in [-0.05, 0) is 30.2 Å². The summed E-state index contributed by atoms with van der Waals surface area (Å²) < 4.78 is 0. The molecule has 1 aromatic carbocycles. The van der Waals surface area contributed by atoms with Crippen molar-refractivity contribution in [2.45, 2.75) is 12.8 Å². The van der Waals surface area contributed by atoms with Crippen LogP contribution in [0.4, 0.5) is 5.69 Å². The van der Waals surface area contributed by atoms with Crippen molar-refractivity contribution in [2.75, 3.05) is 18.5 Å². The van der Waals surface area contributed by atoms with Gasteiger partial charge in [0.2, 0.25) is 5.91 Å². The topological polar surface area (TPSA) is 58.6 Å². The number of rotatable bonds is 1. The van der Waals surface area contributed by atoms with Crippen LogP contribution in [0.25, 0.3) is 0 Å². The lowest BCUT2D eigenvalue weighted by Crippen LogP contribution is -2.26. The molecule has 2 aliphatic rings. The van der Waals surface area contributed by atoms with E-state index in [4.69, 9.17) is 4.84 Å². The second-order valence-electron chi connectivity index (χ2n) is 4.19. The minimum Gasteiger partial charge on any atom is -0.326 e. The number of nitrogens with one attached hydrogen (secondary N) is 1. The summed E-state index contributed by atoms with van der Waals surface area (Å²) in [7, 11) is 0. The molecule has 3 rings (SSSR count). The first-order valence-corrected chi connectivity index (χ1v) is 5.61. The third-order valence-corrected chi connectivity index (χ3v) is 2.96. The molecular weight excluding hydrogens is 220 g/mol. The average molecular weight is 232 g/mol. The second kappa shape index (κ2) is 3.85. The predicted octanol–water partition coefficient (Wildman–Crippen LogP) is 0.959. The molecule has 0 unspecified atom stereocenters. The van der Waals surface area contributed by atoms with E-state index in [0.29, 0.717) is 25.1 Å². The van der Waals surface area contributed by atoms with E-state index in [9.17, 15) is 9.59 Å². The number of anilines is 1. The molecule has 2 amide bonds. The zero-order valence-electron chi connectivity index (χ0n) is 9.23. The van der Waals surface area contributed by atoms with E-state index < -0.39 is 0 Å². The molecule has 1 aromatic rings. The van der Waals surface area contributed by atoms with Crippen molar-refractivity contribution in [3.63, 3.8) is 0 Å². The van der Waals surface area contributed by atoms with E-state index in [-0.39, 0.29) is 11.8 Å². The molecule has 0 saturated carbocycles. The van der Waals surface area contributed by atoms with Gasteiger partial charge < -0.3 is 5.32 Å². The van der Waals surface area contributed by atoms with Crippen LogP contribution in [0.15, 0.2) is 18.2 Å². The van der Waals surface area contributed by atoms with Crippen molar-refractivity contribution in [1.82, 2.24) is 5.06 Å². The average Bonchev–Trinajstić information content (AvgIpc) is 2.94. The number of nitrogens with zero attached hydrogens (tertiary/aromatic N) is 1. The Morgan fingerprint density at radius 1 is 1.41 bits per heavy atom. The van der Waals surface area contributed by atoms with Gasteiger partial charge >= 0.3 is 0 Å². The number of hydrogen-bond donors (Lipinski definition) is 1. The van der Waals surface area contributed by atoms with Crippen molar-refractivity contribution in [3.05, 3.63) is 29.3 Å². The second-order valence-corrected chi connectivity index (χ2v) is 4.19. The lowest BCUT2D eigenvalue weighted by atomic mass is 10.1. The van der Waals surface area contributed by atoms with E-state index in [1.807, 2.05) is 0 Å². The largest absolute Gasteiger partial charge is 0.326 e. The van der Waals surface area contributed by atoms with Crippen molar-refractivity contribution in [3.8, 4) is 0 Å². The van der Waals surface area contributed by atoms with Gasteiger partial charge in [-0.2, -0.15) is 0 Å². The van der Waals surface area contributed by atoms with Crippen LogP contribution >= 0.6 is 0 Å². The van der Waals surface area contributed by atoms with Gasteiger partial charge in [0.15, 0.2) is 0 Å². The van der Waals surface area contributed by atoms with E-state index >= 15 is 0 Å². The Hall–Kier alpha value is -1.88. The highest BCUT2D eigenvalue weighted by Gasteiger charge is 2.23. The number of benzene rings is 1. The van der Waals surface area contributed by atoms with Gasteiger partial charge in [-0.3, -0.25) is 14.4 Å². The molecule has 5 nitrogen and oxygen atoms in total. The number of amides is 2. The number of fused-ring (bicyclic) bond motifs is 1. The van der Waals surface area contributed by atoms with E-state index in [2.05, 4.69) is 5.32 Å². The van der Waals surface area contributed by atoms with E-state index in [1.54, 1.807) is 18.2 Å². The first-order chi connectivity index (χ1) is 8.24. The maximum Gasteiger partial charge on any atom is 0.277 e. The summed E-state index contributed by atoms with van der Waals surface area (Å²) in [6.45, 7) is 1.23. The van der Waals surface area contributed by atoms with Crippen LogP contribution in [0.2, 0.25) is 0 Å². The van der Waals surface area contributed by atoms with Crippen molar-refractivity contribution >= 4 is 17.5 Å². The standard InChI is InChI=1S/C12H12N2O3/c15-11-7-9-6-8(2-3-10(9)13-11)12(16)14-4-1-5-17-14/h2-3,6H,1,4-5,7H2,(H,13,15). The Labute approximate surface area is 98.3 Å². The fraction of sp³-hybridized carbons (Fsp3) is 0.333. The van der Waals surface area contributed by atoms with Gasteiger partial charge in [0.05, 0.1) is 19.6 Å². The molecule has 0 spiro atoms. The Morgan fingerprint density at radius 3 is 3.06 bits per heavy atom. The van der Waals surface area contributed by atoms with Crippen LogP contribution in [0.1, 0.15) is 22.3 Å². The Bertz CT molecular complexity index is 493. The lowest BCUT2D eigenvalue weighted by molar-refractivity contribution is -0.115. The van der Waals surface area contributed by atoms with Gasteiger partial charge in [0.1, 0.15) is 0 Å². The summed E-state index contributed by atoms with van der Waals surface area (Å²) in [6, 6.07) is 5.25. The number of hydroxylamine groups is 2. The van der Waals surface area contributed by atoms with Crippen LogP contribution < -0.4 is 5.32 Å². The zero-order chi connectivity index (χ0) is 11.8. The predicted molar refractivity (Wildman–Crippen MR) is 60.4 cm³/mol. The van der Waals surface area contributed by atoms with Gasteiger partial charge in [0, 0.05) is 11.3 Å². The number of carbonyl (C=O) groups excluding carboxylic acids is 2. The monoisotopic (exact) mass is 232 g/mol. The summed E-state index contributed by atoms with van der Waals surface area (Å²) in [5, 5.41) is 4.12. The number of hydrogen-bond acceptors (Lipinski definition) is 3. The number of carbonyl (C=O) groups is 2. The maximum absolute atomic E-state index is 12.0. The molecule has 0 bridgehead atoms. The highest BCUT2D eigenvalue weighted by molar-refractivity contribution is 6.01. The van der Waals surface area contributed by atoms with Crippen LogP contribution in [0.5, 0.6) is 0 Å². The minimum absolute atomic E-state index is 0.0259. The van der Waals surface area contributed by atoms with E-state index in [0.717, 1.165) is 17.7 Å². The molecule has 2 heterocycles. The summed E-state index contributed by atoms with van der Waals surface area (Å²) >= 11 is 0. The molecule has 2 aliphatic heterocycles. The first kappa shape index (κ1) is 10.3. The summed E-state index contributed by atoms with van der Waals surface area (Å²) in [4.78, 5) is 28.4. The third-order valence-electron chi connectivity index (χ3n) is 2.96. The normalized spacial score (nSPS) is 18.1. The van der Waals surface area contributed by atoms with Gasteiger partial charge in [-0.15, -0.1) is 0 Å². The van der Waals surface area contributed by atoms with Crippen LogP contribution in [0.3, 0.4) is 0 Å². The maximum atomic E-state index is 12.0. The zero-order valence-corrected chi connectivity index (χ0v) is 9.23. The molecule has 0 aliphatic carbocycles. The summed E-state index contributed by atoms with van der Waals surface area (Å²) in [5.41, 5.74) is 2.25. The summed E-state index contributed by atoms with van der Waals surface area (Å²) in [5.74, 6) is -0.160. The van der Waals surface area contributed by atoms with Crippen LogP contribution in [-0.2, 0) is 16.1 Å². The fourth-order valence-corrected chi connectivity index (χ4v) is 2.11. The Morgan fingerprint density at radius 2 is 2.29 bits per heavy atom. The fourth-order valence-electron chi connectivity index (χ4n) is 2.11. The third kappa shape index (κ3) is 1.78. The van der Waals surface area contributed by atoms with Gasteiger partial charge in [0.25, 0.3) is 5.91 Å². The highest BCUT2D eigenvalue weighted by Crippen LogP contribution is 2.24. The molecule has 5 heteroatoms. The molecule has 17 heavy (non-hydrogen) atoms. The molecule has 0 aromatic heterocycles. The molecule has 0 atom stereocenters. The molecule has 1 fully saturated rings. The molecule has 1 saturated heterocycles. The van der Waals surface area contributed by atoms with Crippen molar-refractivity contribution < 1.29 is 14.4 Å². The van der Waals surface area contributed by atoms with Crippen molar-refractivity contribution in [1.29, 1.82) is 0 Å². The molecule has 1 N–H and O–H groups in total. The van der Waals surface area contributed by atoms with Gasteiger partial charge in [-0.1, -0.05) is 0 Å². The quantitative estimate of drug-likeness (QED) is 0.784. The summed E-state index contributed by atoms with van der Waals surface area (Å²) in [6.07, 6.45) is 1.22. The van der Waals surface area contributed by atoms with Crippen molar-refractivity contribution in [2.24, 2.45) is 0 Å². The van der Waals surface area contributed by atoms with Crippen LogP contribution in [0, 0.1) is 0 Å². The molecule has 0 radical (unpaired) electrons. The highest BCUT2D eigenvalue weighted by atomic mass is 16.7. The van der Waals surface area contributed by atoms with Gasteiger partial charge in [-0.25, -0.2) is 5.06 Å². The molecule has 88 valence electrons. The first-order valence-electron chi connectivity index (χ1n) is 5.61. The Balaban J connectivity index is 1.87. The Kier molecular flexibility index (Phi) is 2.33. The minimum atomic E-state index is -0.135. The lowest BCUT2D eigenvalue weighted by Gasteiger charge is -2.14. The molecular formula is C12H12N2O3. The SMILES string of the molecule is O=C1Cc2cc(C(=O)N3CCCO3)ccc2N1. The van der Waals surface area contributed by atoms with Crippen LogP contribution in [-0.4, -0.2) is 30.0 Å². The van der Waals surface area contributed by atoms with E-state index in [1.165, 1.54) is 5.06 Å². The smallest absolute Gasteiger partial charge is 0.277 e.